The van der Waals surface area contributed by atoms with Crippen LogP contribution in [0.15, 0.2) is 209 Å². The fourth-order valence-electron chi connectivity index (χ4n) is 8.23. The lowest BCUT2D eigenvalue weighted by Crippen LogP contribution is -2.11. The average molecular weight is 704 g/mol. The van der Waals surface area contributed by atoms with E-state index >= 15 is 0 Å². The van der Waals surface area contributed by atoms with Crippen molar-refractivity contribution in [1.82, 2.24) is 0 Å². The van der Waals surface area contributed by atoms with E-state index in [1.54, 1.807) is 0 Å². The SMILES string of the molecule is c1cc(-c2cccc3ccccc23)cc(N(c2ccc(-c3ccc4oc5ccccc5c4c3)cc2)c2ccccc2-c2ccc3c(c2)oc2ccccc23)c1. The smallest absolute Gasteiger partial charge is 0.136 e. The van der Waals surface area contributed by atoms with Crippen molar-refractivity contribution in [2.45, 2.75) is 0 Å². The van der Waals surface area contributed by atoms with E-state index in [9.17, 15) is 0 Å². The van der Waals surface area contributed by atoms with Gasteiger partial charge in [0.05, 0.1) is 5.69 Å². The van der Waals surface area contributed by atoms with E-state index in [0.717, 1.165) is 88.8 Å². The average Bonchev–Trinajstić information content (AvgIpc) is 3.82. The fraction of sp³-hybridized carbons (Fsp3) is 0. The van der Waals surface area contributed by atoms with E-state index in [-0.39, 0.29) is 0 Å². The zero-order chi connectivity index (χ0) is 36.3. The van der Waals surface area contributed by atoms with Crippen molar-refractivity contribution in [3.63, 3.8) is 0 Å². The minimum Gasteiger partial charge on any atom is -0.456 e. The molecule has 9 aromatic carbocycles. The first-order chi connectivity index (χ1) is 27.2. The molecule has 0 aliphatic heterocycles. The maximum absolute atomic E-state index is 6.37. The Bertz CT molecular complexity index is 3220. The second-order valence-corrected chi connectivity index (χ2v) is 14.1. The third-order valence-electron chi connectivity index (χ3n) is 10.9. The second-order valence-electron chi connectivity index (χ2n) is 14.1. The summed E-state index contributed by atoms with van der Waals surface area (Å²) in [7, 11) is 0. The van der Waals surface area contributed by atoms with E-state index < -0.39 is 0 Å². The summed E-state index contributed by atoms with van der Waals surface area (Å²) >= 11 is 0. The molecule has 0 N–H and O–H groups in total. The topological polar surface area (TPSA) is 29.5 Å². The fourth-order valence-corrected chi connectivity index (χ4v) is 8.23. The molecule has 2 heterocycles. The van der Waals surface area contributed by atoms with Crippen LogP contribution in [0.2, 0.25) is 0 Å². The molecule has 2 aromatic heterocycles. The van der Waals surface area contributed by atoms with Crippen LogP contribution in [0.1, 0.15) is 0 Å². The van der Waals surface area contributed by atoms with Gasteiger partial charge in [-0.2, -0.15) is 0 Å². The zero-order valence-electron chi connectivity index (χ0n) is 29.8. The second kappa shape index (κ2) is 12.6. The Hall–Kier alpha value is -7.36. The van der Waals surface area contributed by atoms with Gasteiger partial charge in [0.1, 0.15) is 22.3 Å². The molecule has 3 nitrogen and oxygen atoms in total. The van der Waals surface area contributed by atoms with Crippen LogP contribution in [0.4, 0.5) is 17.1 Å². The highest BCUT2D eigenvalue weighted by Gasteiger charge is 2.19. The first kappa shape index (κ1) is 31.2. The van der Waals surface area contributed by atoms with E-state index in [1.807, 2.05) is 24.3 Å². The van der Waals surface area contributed by atoms with Gasteiger partial charge in [-0.1, -0.05) is 133 Å². The van der Waals surface area contributed by atoms with Gasteiger partial charge in [-0.25, -0.2) is 0 Å². The highest BCUT2D eigenvalue weighted by molar-refractivity contribution is 6.07. The molecule has 0 bridgehead atoms. The third-order valence-corrected chi connectivity index (χ3v) is 10.9. The molecule has 55 heavy (non-hydrogen) atoms. The number of nitrogens with zero attached hydrogens (tertiary/aromatic N) is 1. The van der Waals surface area contributed by atoms with Crippen molar-refractivity contribution >= 4 is 71.7 Å². The zero-order valence-corrected chi connectivity index (χ0v) is 29.8. The van der Waals surface area contributed by atoms with E-state index in [0.29, 0.717) is 0 Å². The van der Waals surface area contributed by atoms with E-state index in [2.05, 4.69) is 181 Å². The summed E-state index contributed by atoms with van der Waals surface area (Å²) in [6, 6.07) is 71.2. The Balaban J connectivity index is 1.07. The standard InChI is InChI=1S/C52H33NO2/c1-2-15-41-35(11-1)12-10-19-42(41)37-13-9-14-40(31-37)53(39-27-23-34(24-28-39)36-26-30-51-47(32-36)45-18-5-8-22-50(45)54-51)48-20-6-3-16-43(48)38-25-29-46-44-17-4-7-21-49(44)55-52(46)33-38/h1-33H. The molecule has 0 unspecified atom stereocenters. The first-order valence-corrected chi connectivity index (χ1v) is 18.7. The summed E-state index contributed by atoms with van der Waals surface area (Å²) in [5.74, 6) is 0. The van der Waals surface area contributed by atoms with Crippen molar-refractivity contribution in [3.05, 3.63) is 200 Å². The summed E-state index contributed by atoms with van der Waals surface area (Å²) < 4.78 is 12.5. The predicted octanol–water partition coefficient (Wildman–Crippen LogP) is 15.1. The van der Waals surface area contributed by atoms with Crippen molar-refractivity contribution in [1.29, 1.82) is 0 Å². The Morgan fingerprint density at radius 3 is 1.73 bits per heavy atom. The largest absolute Gasteiger partial charge is 0.456 e. The van der Waals surface area contributed by atoms with Gasteiger partial charge < -0.3 is 13.7 Å². The highest BCUT2D eigenvalue weighted by Crippen LogP contribution is 2.44. The van der Waals surface area contributed by atoms with Gasteiger partial charge >= 0.3 is 0 Å². The molecule has 0 atom stereocenters. The van der Waals surface area contributed by atoms with Crippen LogP contribution in [0.5, 0.6) is 0 Å². The van der Waals surface area contributed by atoms with Crippen LogP contribution in [0.3, 0.4) is 0 Å². The number of furan rings is 2. The van der Waals surface area contributed by atoms with Crippen LogP contribution in [-0.4, -0.2) is 0 Å². The van der Waals surface area contributed by atoms with Gasteiger partial charge in [0.25, 0.3) is 0 Å². The van der Waals surface area contributed by atoms with Crippen LogP contribution < -0.4 is 4.90 Å². The normalized spacial score (nSPS) is 11.6. The lowest BCUT2D eigenvalue weighted by molar-refractivity contribution is 0.668. The molecule has 11 rings (SSSR count). The van der Waals surface area contributed by atoms with E-state index in [4.69, 9.17) is 8.83 Å². The van der Waals surface area contributed by atoms with Crippen LogP contribution >= 0.6 is 0 Å². The number of para-hydroxylation sites is 3. The molecule has 11 aromatic rings. The minimum absolute atomic E-state index is 0.879. The molecule has 0 aliphatic rings. The van der Waals surface area contributed by atoms with Crippen molar-refractivity contribution in [3.8, 4) is 33.4 Å². The summed E-state index contributed by atoms with van der Waals surface area (Å²) in [6.45, 7) is 0. The Labute approximate surface area is 317 Å². The van der Waals surface area contributed by atoms with Crippen LogP contribution in [0, 0.1) is 0 Å². The van der Waals surface area contributed by atoms with Crippen LogP contribution in [-0.2, 0) is 0 Å². The number of hydrogen-bond acceptors (Lipinski definition) is 3. The van der Waals surface area contributed by atoms with Gasteiger partial charge in [-0.05, 0) is 105 Å². The maximum Gasteiger partial charge on any atom is 0.136 e. The monoisotopic (exact) mass is 703 g/mol. The highest BCUT2D eigenvalue weighted by atomic mass is 16.3. The number of hydrogen-bond donors (Lipinski definition) is 0. The van der Waals surface area contributed by atoms with Gasteiger partial charge in [0, 0.05) is 38.5 Å². The summed E-state index contributed by atoms with van der Waals surface area (Å²) in [5, 5.41) is 6.97. The van der Waals surface area contributed by atoms with Crippen molar-refractivity contribution in [2.75, 3.05) is 4.90 Å². The first-order valence-electron chi connectivity index (χ1n) is 18.7. The molecule has 0 saturated carbocycles. The molecule has 0 saturated heterocycles. The summed E-state index contributed by atoms with van der Waals surface area (Å²) in [4.78, 5) is 2.38. The lowest BCUT2D eigenvalue weighted by atomic mass is 9.97. The predicted molar refractivity (Wildman–Crippen MR) is 229 cm³/mol. The van der Waals surface area contributed by atoms with Crippen molar-refractivity contribution < 1.29 is 8.83 Å². The molecular weight excluding hydrogens is 671 g/mol. The van der Waals surface area contributed by atoms with Gasteiger partial charge in [0.2, 0.25) is 0 Å². The van der Waals surface area contributed by atoms with Gasteiger partial charge in [0.15, 0.2) is 0 Å². The van der Waals surface area contributed by atoms with E-state index in [1.165, 1.54) is 16.3 Å². The number of benzene rings is 9. The lowest BCUT2D eigenvalue weighted by Gasteiger charge is -2.28. The van der Waals surface area contributed by atoms with Crippen molar-refractivity contribution in [2.24, 2.45) is 0 Å². The number of fused-ring (bicyclic) bond motifs is 7. The number of anilines is 3. The van der Waals surface area contributed by atoms with Gasteiger partial charge in [-0.15, -0.1) is 0 Å². The molecule has 0 amide bonds. The molecule has 0 aliphatic carbocycles. The van der Waals surface area contributed by atoms with Crippen LogP contribution in [0.25, 0.3) is 88.0 Å². The summed E-state index contributed by atoms with van der Waals surface area (Å²) in [6.07, 6.45) is 0. The molecule has 3 heteroatoms. The minimum atomic E-state index is 0.879. The molecule has 258 valence electrons. The molecule has 0 fully saturated rings. The Kier molecular flexibility index (Phi) is 7.17. The molecule has 0 radical (unpaired) electrons. The van der Waals surface area contributed by atoms with Gasteiger partial charge in [-0.3, -0.25) is 0 Å². The molecular formula is C52H33NO2. The third kappa shape index (κ3) is 5.28. The molecule has 0 spiro atoms. The Morgan fingerprint density at radius 2 is 0.873 bits per heavy atom. The Morgan fingerprint density at radius 1 is 0.291 bits per heavy atom. The summed E-state index contributed by atoms with van der Waals surface area (Å²) in [5.41, 5.74) is 13.7. The quantitative estimate of drug-likeness (QED) is 0.173. The maximum atomic E-state index is 6.37. The number of rotatable bonds is 6.